The van der Waals surface area contributed by atoms with E-state index in [1.165, 1.54) is 5.56 Å². The molecule has 0 aliphatic rings. The van der Waals surface area contributed by atoms with Gasteiger partial charge in [0.15, 0.2) is 0 Å². The van der Waals surface area contributed by atoms with Crippen molar-refractivity contribution in [1.29, 1.82) is 5.26 Å². The van der Waals surface area contributed by atoms with Crippen LogP contribution in [0.15, 0.2) is 42.5 Å². The summed E-state index contributed by atoms with van der Waals surface area (Å²) < 4.78 is 5.64. The van der Waals surface area contributed by atoms with Gasteiger partial charge in [-0.05, 0) is 49.2 Å². The van der Waals surface area contributed by atoms with Crippen LogP contribution in [-0.4, -0.2) is 6.61 Å². The standard InChI is InChI=1S/C17H18N2O/c1-3-20-17-9-13(2)7-8-16(17)19-12-15-6-4-5-14(10-15)11-18/h4-10,19H,3,12H2,1-2H3. The summed E-state index contributed by atoms with van der Waals surface area (Å²) in [7, 11) is 0. The molecule has 0 bridgehead atoms. The van der Waals surface area contributed by atoms with Gasteiger partial charge in [0.1, 0.15) is 5.75 Å². The van der Waals surface area contributed by atoms with Gasteiger partial charge >= 0.3 is 0 Å². The van der Waals surface area contributed by atoms with Gasteiger partial charge in [-0.15, -0.1) is 0 Å². The van der Waals surface area contributed by atoms with Crippen LogP contribution in [0, 0.1) is 18.3 Å². The molecule has 0 fully saturated rings. The fraction of sp³-hybridized carbons (Fsp3) is 0.235. The van der Waals surface area contributed by atoms with Gasteiger partial charge < -0.3 is 10.1 Å². The zero-order chi connectivity index (χ0) is 14.4. The molecular formula is C17H18N2O. The van der Waals surface area contributed by atoms with Gasteiger partial charge in [-0.25, -0.2) is 0 Å². The molecule has 0 saturated heterocycles. The molecule has 1 N–H and O–H groups in total. The van der Waals surface area contributed by atoms with Gasteiger partial charge in [-0.3, -0.25) is 0 Å². The molecule has 0 atom stereocenters. The molecule has 20 heavy (non-hydrogen) atoms. The second kappa shape index (κ2) is 6.63. The lowest BCUT2D eigenvalue weighted by Crippen LogP contribution is -2.03. The molecule has 2 rings (SSSR count). The fourth-order valence-electron chi connectivity index (χ4n) is 2.00. The van der Waals surface area contributed by atoms with Crippen LogP contribution >= 0.6 is 0 Å². The van der Waals surface area contributed by atoms with Crippen molar-refractivity contribution in [2.45, 2.75) is 20.4 Å². The van der Waals surface area contributed by atoms with Crippen molar-refractivity contribution < 1.29 is 4.74 Å². The Labute approximate surface area is 119 Å². The zero-order valence-corrected chi connectivity index (χ0v) is 11.8. The lowest BCUT2D eigenvalue weighted by molar-refractivity contribution is 0.341. The maximum Gasteiger partial charge on any atom is 0.142 e. The molecular weight excluding hydrogens is 248 g/mol. The summed E-state index contributed by atoms with van der Waals surface area (Å²) in [6.45, 7) is 5.33. The first-order chi connectivity index (χ1) is 9.72. The quantitative estimate of drug-likeness (QED) is 0.893. The van der Waals surface area contributed by atoms with E-state index in [2.05, 4.69) is 17.5 Å². The Morgan fingerprint density at radius 3 is 2.80 bits per heavy atom. The van der Waals surface area contributed by atoms with Gasteiger partial charge in [0, 0.05) is 6.54 Å². The largest absolute Gasteiger partial charge is 0.492 e. The molecule has 3 nitrogen and oxygen atoms in total. The lowest BCUT2D eigenvalue weighted by Gasteiger charge is -2.13. The van der Waals surface area contributed by atoms with E-state index >= 15 is 0 Å². The van der Waals surface area contributed by atoms with Gasteiger partial charge in [0.05, 0.1) is 23.9 Å². The third-order valence-electron chi connectivity index (χ3n) is 2.98. The third kappa shape index (κ3) is 3.52. The molecule has 2 aromatic rings. The minimum absolute atomic E-state index is 0.641. The SMILES string of the molecule is CCOc1cc(C)ccc1NCc1cccc(C#N)c1. The van der Waals surface area contributed by atoms with E-state index in [4.69, 9.17) is 10.00 Å². The summed E-state index contributed by atoms with van der Waals surface area (Å²) in [6.07, 6.45) is 0. The van der Waals surface area contributed by atoms with Crippen LogP contribution in [0.3, 0.4) is 0 Å². The molecule has 0 aliphatic heterocycles. The Balaban J connectivity index is 2.12. The Morgan fingerprint density at radius 2 is 2.05 bits per heavy atom. The van der Waals surface area contributed by atoms with Gasteiger partial charge in [-0.2, -0.15) is 5.26 Å². The first kappa shape index (κ1) is 14.0. The number of rotatable bonds is 5. The molecule has 0 unspecified atom stereocenters. The first-order valence-corrected chi connectivity index (χ1v) is 6.69. The number of aryl methyl sites for hydroxylation is 1. The normalized spacial score (nSPS) is 9.85. The van der Waals surface area contributed by atoms with Gasteiger partial charge in [-0.1, -0.05) is 18.2 Å². The maximum absolute atomic E-state index is 8.90. The molecule has 0 heterocycles. The van der Waals surface area contributed by atoms with Crippen molar-refractivity contribution in [3.05, 3.63) is 59.2 Å². The van der Waals surface area contributed by atoms with E-state index in [-0.39, 0.29) is 0 Å². The van der Waals surface area contributed by atoms with Crippen molar-refractivity contribution in [2.75, 3.05) is 11.9 Å². The molecule has 0 saturated carbocycles. The Kier molecular flexibility index (Phi) is 4.62. The van der Waals surface area contributed by atoms with Crippen LogP contribution in [0.25, 0.3) is 0 Å². The second-order valence-corrected chi connectivity index (χ2v) is 4.60. The number of ether oxygens (including phenoxy) is 1. The summed E-state index contributed by atoms with van der Waals surface area (Å²) in [5.41, 5.74) is 3.90. The van der Waals surface area contributed by atoms with Crippen LogP contribution < -0.4 is 10.1 Å². The van der Waals surface area contributed by atoms with Gasteiger partial charge in [0.25, 0.3) is 0 Å². The van der Waals surface area contributed by atoms with Crippen molar-refractivity contribution >= 4 is 5.69 Å². The van der Waals surface area contributed by atoms with Crippen molar-refractivity contribution in [1.82, 2.24) is 0 Å². The summed E-state index contributed by atoms with van der Waals surface area (Å²) in [4.78, 5) is 0. The number of anilines is 1. The maximum atomic E-state index is 8.90. The van der Waals surface area contributed by atoms with E-state index < -0.39 is 0 Å². The summed E-state index contributed by atoms with van der Waals surface area (Å²) >= 11 is 0. The van der Waals surface area contributed by atoms with E-state index in [9.17, 15) is 0 Å². The molecule has 102 valence electrons. The van der Waals surface area contributed by atoms with E-state index in [1.54, 1.807) is 6.07 Å². The number of nitriles is 1. The monoisotopic (exact) mass is 266 g/mol. The molecule has 0 aliphatic carbocycles. The molecule has 3 heteroatoms. The number of nitrogens with one attached hydrogen (secondary N) is 1. The summed E-state index contributed by atoms with van der Waals surface area (Å²) in [6, 6.07) is 15.8. The highest BCUT2D eigenvalue weighted by atomic mass is 16.5. The highest BCUT2D eigenvalue weighted by Crippen LogP contribution is 2.26. The van der Waals surface area contributed by atoms with Crippen molar-refractivity contribution in [3.63, 3.8) is 0 Å². The lowest BCUT2D eigenvalue weighted by atomic mass is 10.1. The van der Waals surface area contributed by atoms with E-state index in [0.29, 0.717) is 18.7 Å². The van der Waals surface area contributed by atoms with Crippen LogP contribution in [0.2, 0.25) is 0 Å². The summed E-state index contributed by atoms with van der Waals surface area (Å²) in [5, 5.41) is 12.3. The topological polar surface area (TPSA) is 45.0 Å². The first-order valence-electron chi connectivity index (χ1n) is 6.69. The van der Waals surface area contributed by atoms with E-state index in [1.807, 2.05) is 44.2 Å². The molecule has 0 radical (unpaired) electrons. The highest BCUT2D eigenvalue weighted by Gasteiger charge is 2.04. The number of hydrogen-bond acceptors (Lipinski definition) is 3. The number of benzene rings is 2. The highest BCUT2D eigenvalue weighted by molar-refractivity contribution is 5.58. The molecule has 2 aromatic carbocycles. The average molecular weight is 266 g/mol. The summed E-state index contributed by atoms with van der Waals surface area (Å²) in [5.74, 6) is 0.865. The van der Waals surface area contributed by atoms with E-state index in [0.717, 1.165) is 17.0 Å². The predicted octanol–water partition coefficient (Wildman–Crippen LogP) is 3.88. The minimum atomic E-state index is 0.641. The Hall–Kier alpha value is -2.47. The molecule has 0 amide bonds. The van der Waals surface area contributed by atoms with Crippen LogP contribution in [0.5, 0.6) is 5.75 Å². The average Bonchev–Trinajstić information content (AvgIpc) is 2.47. The molecule has 0 aromatic heterocycles. The third-order valence-corrected chi connectivity index (χ3v) is 2.98. The Bertz CT molecular complexity index is 629. The molecule has 0 spiro atoms. The van der Waals surface area contributed by atoms with Crippen LogP contribution in [-0.2, 0) is 6.54 Å². The second-order valence-electron chi connectivity index (χ2n) is 4.60. The van der Waals surface area contributed by atoms with Crippen LogP contribution in [0.1, 0.15) is 23.6 Å². The zero-order valence-electron chi connectivity index (χ0n) is 11.8. The minimum Gasteiger partial charge on any atom is -0.492 e. The predicted molar refractivity (Wildman–Crippen MR) is 80.8 cm³/mol. The number of hydrogen-bond donors (Lipinski definition) is 1. The fourth-order valence-corrected chi connectivity index (χ4v) is 2.00. The van der Waals surface area contributed by atoms with Gasteiger partial charge in [0.2, 0.25) is 0 Å². The number of nitrogens with zero attached hydrogens (tertiary/aromatic N) is 1. The van der Waals surface area contributed by atoms with Crippen molar-refractivity contribution in [3.8, 4) is 11.8 Å². The van der Waals surface area contributed by atoms with Crippen molar-refractivity contribution in [2.24, 2.45) is 0 Å². The Morgan fingerprint density at radius 1 is 1.20 bits per heavy atom. The smallest absolute Gasteiger partial charge is 0.142 e. The van der Waals surface area contributed by atoms with Crippen LogP contribution in [0.4, 0.5) is 5.69 Å².